The third kappa shape index (κ3) is 43.6. The van der Waals surface area contributed by atoms with Gasteiger partial charge in [0.15, 0.2) is 13.5 Å². The Morgan fingerprint density at radius 2 is 0.464 bits per heavy atom. The van der Waals surface area contributed by atoms with Gasteiger partial charge in [0.05, 0.1) is 0 Å². The molecule has 474 valence electrons. The monoisotopic (exact) mass is 1380 g/mol. The van der Waals surface area contributed by atoms with E-state index in [9.17, 15) is 82.0 Å². The molecule has 0 aromatic carbocycles. The molecular weight excluding hydrogens is 1280 g/mol. The fourth-order valence-corrected chi connectivity index (χ4v) is 13.6. The fraction of sp³-hybridized carbons (Fsp3) is 0.684. The molecule has 0 radical (unpaired) electrons. The summed E-state index contributed by atoms with van der Waals surface area (Å²) in [7, 11) is -30.5. The van der Waals surface area contributed by atoms with Crippen LogP contribution in [0.15, 0.2) is 105 Å². The van der Waals surface area contributed by atoms with Crippen molar-refractivity contribution in [2.75, 3.05) is 0 Å². The van der Waals surface area contributed by atoms with Crippen molar-refractivity contribution in [3.63, 3.8) is 0 Å². The third-order valence-electron chi connectivity index (χ3n) is 13.8. The number of allylic oxidation sites excluding steroid dienone is 18. The molecule has 0 aromatic heterocycles. The Balaban J connectivity index is -0.000000267. The molecule has 0 spiro atoms. The molecule has 0 aliphatic rings. The van der Waals surface area contributed by atoms with E-state index in [-0.39, 0.29) is 193 Å². The number of unbranched alkanes of at least 4 members (excludes halogenated alkanes) is 3. The van der Waals surface area contributed by atoms with Crippen LogP contribution in [-0.4, -0.2) is 81.7 Å². The first-order valence-electron chi connectivity index (χ1n) is 27.5. The zero-order valence-electron chi connectivity index (χ0n) is 54.2. The van der Waals surface area contributed by atoms with Gasteiger partial charge in [-0.1, -0.05) is 105 Å². The van der Waals surface area contributed by atoms with Gasteiger partial charge in [-0.2, -0.15) is 0 Å². The van der Waals surface area contributed by atoms with Gasteiger partial charge in [-0.3, -0.25) is 13.7 Å². The van der Waals surface area contributed by atoms with Crippen LogP contribution in [-0.2, 0) is 44.0 Å². The van der Waals surface area contributed by atoms with E-state index in [0.717, 1.165) is 115 Å². The van der Waals surface area contributed by atoms with Crippen molar-refractivity contribution in [2.45, 2.75) is 252 Å². The minimum Gasteiger partial charge on any atom is -0.747 e. The average molecular weight is 1380 g/mol. The molecule has 0 bridgehead atoms. The molecule has 0 amide bonds. The predicted octanol–water partition coefficient (Wildman–Crippen LogP) is 6.06. The van der Waals surface area contributed by atoms with Gasteiger partial charge < -0.3 is 43.0 Å². The molecule has 6 N–H and O–H groups in total. The molecule has 0 fully saturated rings. The molecule has 0 rings (SSSR count). The van der Waals surface area contributed by atoms with Gasteiger partial charge in [0.2, 0.25) is 0 Å². The second kappa shape index (κ2) is 47.6. The van der Waals surface area contributed by atoms with Crippen LogP contribution >= 0.6 is 22.8 Å². The molecule has 0 heterocycles. The Kier molecular flexibility index (Phi) is 55.4. The number of rotatable bonds is 36. The van der Waals surface area contributed by atoms with Crippen LogP contribution in [0.2, 0.25) is 0 Å². The molecule has 0 saturated heterocycles. The summed E-state index contributed by atoms with van der Waals surface area (Å²) in [6.45, 7) is 27.3. The standard InChI is InChI=1S/3C19H35O6PS.3K/c3*1-16(2)10-8-12-18(4)14-9-13-17(3)11-6-7-15-19(5,26(20,21)22)27(23,24)25;;;/h3*10-11,14H,6-9,12-13,15H2,1-5H3,(H2,20,21,22)(H,23,24,25);;;/q;;;3*+1/p-3/b3*17-11+,18-14+;;;. The first-order chi connectivity index (χ1) is 36.6. The van der Waals surface area contributed by atoms with Crippen LogP contribution in [0.3, 0.4) is 0 Å². The molecule has 0 aliphatic carbocycles. The van der Waals surface area contributed by atoms with Crippen LogP contribution in [0.5, 0.6) is 0 Å². The van der Waals surface area contributed by atoms with E-state index in [2.05, 4.69) is 98.8 Å². The Morgan fingerprint density at radius 1 is 0.321 bits per heavy atom. The average Bonchev–Trinajstić information content (AvgIpc) is 3.28. The van der Waals surface area contributed by atoms with E-state index < -0.39 is 66.6 Å². The van der Waals surface area contributed by atoms with Gasteiger partial charge in [0, 0.05) is 0 Å². The molecule has 27 heteroatoms. The van der Waals surface area contributed by atoms with E-state index in [1.807, 2.05) is 39.0 Å². The van der Waals surface area contributed by atoms with Crippen LogP contribution in [0.1, 0.15) is 239 Å². The summed E-state index contributed by atoms with van der Waals surface area (Å²) < 4.78 is 128. The predicted molar refractivity (Wildman–Crippen MR) is 328 cm³/mol. The van der Waals surface area contributed by atoms with Crippen LogP contribution in [0, 0.1) is 0 Å². The molecule has 0 aromatic rings. The second-order valence-electron chi connectivity index (χ2n) is 22.6. The van der Waals surface area contributed by atoms with Crippen LogP contribution in [0.4, 0.5) is 0 Å². The van der Waals surface area contributed by atoms with E-state index in [1.54, 1.807) is 0 Å². The van der Waals surface area contributed by atoms with Gasteiger partial charge in [-0.15, -0.1) is 0 Å². The Hall–Kier alpha value is 2.75. The number of hydrogen-bond donors (Lipinski definition) is 6. The summed E-state index contributed by atoms with van der Waals surface area (Å²) in [5.74, 6) is 0. The fourth-order valence-electron chi connectivity index (χ4n) is 7.60. The Labute approximate surface area is 636 Å². The van der Waals surface area contributed by atoms with Gasteiger partial charge in [-0.25, -0.2) is 25.3 Å². The van der Waals surface area contributed by atoms with E-state index in [4.69, 9.17) is 0 Å². The van der Waals surface area contributed by atoms with Crippen molar-refractivity contribution in [3.05, 3.63) is 105 Å². The normalized spacial score (nSPS) is 15.6. The molecular formula is C57H102K3O18P3S3. The quantitative estimate of drug-likeness (QED) is 0.0136. The van der Waals surface area contributed by atoms with Crippen LogP contribution < -0.4 is 154 Å². The van der Waals surface area contributed by atoms with E-state index in [1.165, 1.54) is 33.4 Å². The van der Waals surface area contributed by atoms with Crippen molar-refractivity contribution in [3.8, 4) is 0 Å². The Bertz CT molecular complexity index is 2440. The molecule has 3 unspecified atom stereocenters. The summed E-state index contributed by atoms with van der Waals surface area (Å²) in [4.78, 5) is 55.5. The largest absolute Gasteiger partial charge is 1.00 e. The maximum Gasteiger partial charge on any atom is 1.00 e. The maximum atomic E-state index is 11.4. The van der Waals surface area contributed by atoms with Gasteiger partial charge in [0.25, 0.3) is 0 Å². The van der Waals surface area contributed by atoms with Crippen molar-refractivity contribution in [2.24, 2.45) is 0 Å². The van der Waals surface area contributed by atoms with Crippen molar-refractivity contribution >= 4 is 53.1 Å². The van der Waals surface area contributed by atoms with Crippen molar-refractivity contribution < 1.29 is 236 Å². The summed E-state index contributed by atoms with van der Waals surface area (Å²) in [5, 5.41) is 0. The zero-order chi connectivity index (χ0) is 63.9. The van der Waals surface area contributed by atoms with Crippen molar-refractivity contribution in [1.82, 2.24) is 0 Å². The van der Waals surface area contributed by atoms with Crippen LogP contribution in [0.25, 0.3) is 0 Å². The minimum atomic E-state index is -5.11. The SMILES string of the molecule is CC(C)=CCC/C(C)=C/CC/C(C)=C/CCCC(C)(P(=O)(O)O)S(=O)(=O)[O-].CC(C)=CCC/C(C)=C/CC/C(C)=C/CCCC(C)(P(=O)(O)O)S(=O)(=O)[O-].CC(C)=CCC/C(C)=C/CC/C(C)=C/CCCC(C)(P(=O)(O)O)S(=O)(=O)[O-].[K+].[K+].[K+]. The van der Waals surface area contributed by atoms with Gasteiger partial charge in [0.1, 0.15) is 30.4 Å². The summed E-state index contributed by atoms with van der Waals surface area (Å²) in [6, 6.07) is 0. The summed E-state index contributed by atoms with van der Waals surface area (Å²) in [6.07, 6.45) is 31.7. The van der Waals surface area contributed by atoms with Gasteiger partial charge in [-0.05, 0) is 239 Å². The topological polar surface area (TPSA) is 344 Å². The molecule has 0 saturated carbocycles. The first-order valence-corrected chi connectivity index (χ1v) is 36.5. The van der Waals surface area contributed by atoms with Crippen molar-refractivity contribution in [1.29, 1.82) is 0 Å². The minimum absolute atomic E-state index is 0. The number of hydrogen-bond acceptors (Lipinski definition) is 12. The molecule has 18 nitrogen and oxygen atoms in total. The maximum absolute atomic E-state index is 11.4. The summed E-state index contributed by atoms with van der Waals surface area (Å²) >= 11 is 0. The van der Waals surface area contributed by atoms with E-state index >= 15 is 0 Å². The third-order valence-corrected chi connectivity index (χ3v) is 26.2. The smallest absolute Gasteiger partial charge is 0.747 e. The molecule has 84 heavy (non-hydrogen) atoms. The van der Waals surface area contributed by atoms with Gasteiger partial charge >= 0.3 is 177 Å². The van der Waals surface area contributed by atoms with E-state index in [0.29, 0.717) is 19.3 Å². The second-order valence-corrected chi connectivity index (χ2v) is 35.1. The molecule has 3 atom stereocenters. The zero-order valence-corrected chi connectivity index (χ0v) is 68.7. The first kappa shape index (κ1) is 97.8. The Morgan fingerprint density at radius 3 is 0.595 bits per heavy atom. The molecule has 0 aliphatic heterocycles. The summed E-state index contributed by atoms with van der Waals surface area (Å²) in [5.41, 5.74) is 11.4.